The molecule has 0 aliphatic rings. The molecule has 0 aromatic heterocycles. The molecule has 4 N–H and O–H groups in total. The predicted molar refractivity (Wildman–Crippen MR) is 137 cm³/mol. The number of halogens is 2. The van der Waals surface area contributed by atoms with E-state index < -0.39 is 18.1 Å². The number of hydrogen-bond donors (Lipinski definition) is 4. The zero-order chi connectivity index (χ0) is 26.0. The Morgan fingerprint density at radius 2 is 1.83 bits per heavy atom. The fourth-order valence-corrected chi connectivity index (χ4v) is 3.92. The van der Waals surface area contributed by atoms with Crippen LogP contribution in [0.3, 0.4) is 0 Å². The highest BCUT2D eigenvalue weighted by Crippen LogP contribution is 2.29. The molecule has 0 aliphatic carbocycles. The molecule has 0 aliphatic heterocycles. The maximum Gasteiger partial charge on any atom is 0.254 e. The van der Waals surface area contributed by atoms with Gasteiger partial charge in [-0.3, -0.25) is 9.59 Å². The number of benzene rings is 2. The Labute approximate surface area is 214 Å². The van der Waals surface area contributed by atoms with Crippen LogP contribution in [0.15, 0.2) is 60.2 Å². The molecule has 35 heavy (non-hydrogen) atoms. The Bertz CT molecular complexity index is 1110. The number of aryl methyl sites for hydroxylation is 1. The van der Waals surface area contributed by atoms with E-state index in [1.54, 1.807) is 49.4 Å². The van der Waals surface area contributed by atoms with E-state index in [1.165, 1.54) is 12.1 Å². The molecule has 0 fully saturated rings. The highest BCUT2D eigenvalue weighted by Gasteiger charge is 2.20. The summed E-state index contributed by atoms with van der Waals surface area (Å²) in [5.74, 6) is -0.951. The Kier molecular flexibility index (Phi) is 11.0. The lowest BCUT2D eigenvalue weighted by Gasteiger charge is -2.16. The minimum Gasteiger partial charge on any atom is -0.508 e. The van der Waals surface area contributed by atoms with Crippen molar-refractivity contribution in [1.82, 2.24) is 10.6 Å². The number of phenolic OH excluding ortho intramolecular Hbond substituents is 1. The molecule has 2 amide bonds. The third kappa shape index (κ3) is 8.55. The Hall–Kier alpha value is -3.13. The number of phenols is 1. The average Bonchev–Trinajstić information content (AvgIpc) is 2.82. The summed E-state index contributed by atoms with van der Waals surface area (Å²) in [6.07, 6.45) is 5.60. The maximum atomic E-state index is 12.7. The van der Waals surface area contributed by atoms with Gasteiger partial charge in [0.15, 0.2) is 0 Å². The lowest BCUT2D eigenvalue weighted by atomic mass is 10.00. The Morgan fingerprint density at radius 3 is 2.43 bits per heavy atom. The van der Waals surface area contributed by atoms with Gasteiger partial charge in [-0.25, -0.2) is 0 Å². The number of nitrogens with one attached hydrogen (secondary N) is 2. The summed E-state index contributed by atoms with van der Waals surface area (Å²) in [4.78, 5) is 36.2. The van der Waals surface area contributed by atoms with Gasteiger partial charge in [0, 0.05) is 12.1 Å². The largest absolute Gasteiger partial charge is 0.508 e. The number of aliphatic hydroxyl groups is 1. The highest BCUT2D eigenvalue weighted by molar-refractivity contribution is 6.39. The molecule has 2 aromatic rings. The van der Waals surface area contributed by atoms with E-state index in [0.29, 0.717) is 35.8 Å². The summed E-state index contributed by atoms with van der Waals surface area (Å²) in [5.41, 5.74) is 1.75. The second-order valence-corrected chi connectivity index (χ2v) is 8.70. The van der Waals surface area contributed by atoms with Gasteiger partial charge in [-0.05, 0) is 62.1 Å². The number of carbonyl (C=O) groups is 3. The van der Waals surface area contributed by atoms with Crippen LogP contribution in [0, 0.1) is 0 Å². The van der Waals surface area contributed by atoms with Crippen molar-refractivity contribution in [3.63, 3.8) is 0 Å². The first-order valence-corrected chi connectivity index (χ1v) is 11.7. The number of rotatable bonds is 11. The zero-order valence-corrected chi connectivity index (χ0v) is 20.9. The number of hydrogen-bond acceptors (Lipinski definition) is 5. The van der Waals surface area contributed by atoms with Crippen molar-refractivity contribution < 1.29 is 24.6 Å². The van der Waals surface area contributed by atoms with E-state index >= 15 is 0 Å². The summed E-state index contributed by atoms with van der Waals surface area (Å²) < 4.78 is 0. The van der Waals surface area contributed by atoms with E-state index in [0.717, 1.165) is 0 Å². The smallest absolute Gasteiger partial charge is 0.254 e. The van der Waals surface area contributed by atoms with Crippen LogP contribution in [-0.2, 0) is 16.0 Å². The van der Waals surface area contributed by atoms with E-state index in [4.69, 9.17) is 23.2 Å². The minimum atomic E-state index is -0.981. The van der Waals surface area contributed by atoms with Gasteiger partial charge in [0.25, 0.3) is 5.91 Å². The molecule has 0 bridgehead atoms. The number of aldehydes is 1. The molecule has 0 radical (unpaired) electrons. The lowest BCUT2D eigenvalue weighted by Crippen LogP contribution is -2.45. The number of allylic oxidation sites excluding steroid dienone is 3. The van der Waals surface area contributed by atoms with Gasteiger partial charge in [-0.15, -0.1) is 0 Å². The van der Waals surface area contributed by atoms with Crippen molar-refractivity contribution in [2.24, 2.45) is 0 Å². The minimum absolute atomic E-state index is 0.00736. The van der Waals surface area contributed by atoms with E-state index in [-0.39, 0.29) is 33.8 Å². The van der Waals surface area contributed by atoms with E-state index in [2.05, 4.69) is 10.6 Å². The van der Waals surface area contributed by atoms with Crippen LogP contribution in [0.4, 0.5) is 0 Å². The number of amides is 2. The van der Waals surface area contributed by atoms with Crippen LogP contribution in [0.25, 0.3) is 0 Å². The van der Waals surface area contributed by atoms with E-state index in [1.807, 2.05) is 6.92 Å². The number of aromatic hydroxyl groups is 1. The van der Waals surface area contributed by atoms with Crippen molar-refractivity contribution in [1.29, 1.82) is 0 Å². The van der Waals surface area contributed by atoms with Gasteiger partial charge in [0.05, 0.1) is 21.7 Å². The van der Waals surface area contributed by atoms with Crippen molar-refractivity contribution in [3.8, 4) is 5.75 Å². The van der Waals surface area contributed by atoms with E-state index in [9.17, 15) is 24.6 Å². The SMILES string of the molecule is C/C=C\C=C(/C)C(=O)NC[C@@H](C=O)NC(=O)c1c(Cl)cc(CCC(O)c2cccc(O)c2)cc1Cl. The molecular weight excluding hydrogens is 491 g/mol. The summed E-state index contributed by atoms with van der Waals surface area (Å²) >= 11 is 12.6. The van der Waals surface area contributed by atoms with Gasteiger partial charge < -0.3 is 25.6 Å². The molecule has 186 valence electrons. The Balaban J connectivity index is 2.01. The molecule has 2 rings (SSSR count). The molecule has 0 spiro atoms. The lowest BCUT2D eigenvalue weighted by molar-refractivity contribution is -0.117. The molecule has 7 nitrogen and oxygen atoms in total. The van der Waals surface area contributed by atoms with Crippen LogP contribution in [-0.4, -0.2) is 40.9 Å². The van der Waals surface area contributed by atoms with Crippen molar-refractivity contribution in [2.45, 2.75) is 38.8 Å². The molecule has 1 unspecified atom stereocenters. The van der Waals surface area contributed by atoms with Crippen LogP contribution < -0.4 is 10.6 Å². The van der Waals surface area contributed by atoms with Crippen molar-refractivity contribution >= 4 is 41.3 Å². The third-order valence-corrected chi connectivity index (χ3v) is 5.75. The van der Waals surface area contributed by atoms with Gasteiger partial charge in [0.2, 0.25) is 5.91 Å². The topological polar surface area (TPSA) is 116 Å². The van der Waals surface area contributed by atoms with Crippen LogP contribution in [0.1, 0.15) is 47.9 Å². The van der Waals surface area contributed by atoms with Gasteiger partial charge in [0.1, 0.15) is 18.1 Å². The normalized spacial score (nSPS) is 13.3. The quantitative estimate of drug-likeness (QED) is 0.201. The van der Waals surface area contributed by atoms with Gasteiger partial charge in [-0.1, -0.05) is 53.6 Å². The highest BCUT2D eigenvalue weighted by atomic mass is 35.5. The second kappa shape index (κ2) is 13.7. The fraction of sp³-hybridized carbons (Fsp3) is 0.269. The molecule has 9 heteroatoms. The summed E-state index contributed by atoms with van der Waals surface area (Å²) in [7, 11) is 0. The summed E-state index contributed by atoms with van der Waals surface area (Å²) in [6.45, 7) is 3.35. The standard InChI is InChI=1S/C26H28Cl2N2O5/c1-3-4-6-16(2)25(34)29-14-19(15-31)30-26(35)24-21(27)11-17(12-22(24)28)9-10-23(33)18-7-5-8-20(32)13-18/h3-8,11-13,15,19,23,32-33H,9-10,14H2,1-2H3,(H,29,34)(H,30,35)/b4-3-,16-6+/t19-,23?/m0/s1. The number of aliphatic hydroxyl groups excluding tert-OH is 1. The third-order valence-electron chi connectivity index (χ3n) is 5.15. The summed E-state index contributed by atoms with van der Waals surface area (Å²) in [6, 6.07) is 8.54. The molecule has 2 atom stereocenters. The first kappa shape index (κ1) is 28.1. The maximum absolute atomic E-state index is 12.7. The predicted octanol–water partition coefficient (Wildman–Crippen LogP) is 4.30. The zero-order valence-electron chi connectivity index (χ0n) is 19.4. The molecule has 2 aromatic carbocycles. The van der Waals surface area contributed by atoms with Gasteiger partial charge >= 0.3 is 0 Å². The van der Waals surface area contributed by atoms with Crippen LogP contribution >= 0.6 is 23.2 Å². The molecule has 0 heterocycles. The monoisotopic (exact) mass is 518 g/mol. The first-order valence-electron chi connectivity index (χ1n) is 10.9. The first-order chi connectivity index (χ1) is 16.7. The average molecular weight is 519 g/mol. The second-order valence-electron chi connectivity index (χ2n) is 7.89. The van der Waals surface area contributed by atoms with Crippen LogP contribution in [0.2, 0.25) is 10.0 Å². The molecular formula is C26H28Cl2N2O5. The number of carbonyl (C=O) groups excluding carboxylic acids is 3. The summed E-state index contributed by atoms with van der Waals surface area (Å²) in [5, 5.41) is 25.2. The van der Waals surface area contributed by atoms with Crippen molar-refractivity contribution in [3.05, 3.63) is 86.9 Å². The Morgan fingerprint density at radius 1 is 1.14 bits per heavy atom. The molecule has 0 saturated carbocycles. The van der Waals surface area contributed by atoms with Gasteiger partial charge in [-0.2, -0.15) is 0 Å². The van der Waals surface area contributed by atoms with Crippen LogP contribution in [0.5, 0.6) is 5.75 Å². The fourth-order valence-electron chi connectivity index (χ4n) is 3.22. The van der Waals surface area contributed by atoms with Crippen molar-refractivity contribution in [2.75, 3.05) is 6.54 Å². The molecule has 0 saturated heterocycles.